The van der Waals surface area contributed by atoms with Crippen molar-refractivity contribution in [3.63, 3.8) is 0 Å². The van der Waals surface area contributed by atoms with E-state index in [2.05, 4.69) is 9.71 Å². The number of aliphatic imine (C=N–C) groups is 1. The van der Waals surface area contributed by atoms with Crippen LogP contribution in [0.25, 0.3) is 0 Å². The summed E-state index contributed by atoms with van der Waals surface area (Å²) in [5, 5.41) is 0. The average molecular weight is 379 g/mol. The number of benzene rings is 1. The minimum absolute atomic E-state index is 0.00184. The van der Waals surface area contributed by atoms with Crippen LogP contribution in [0.2, 0.25) is 0 Å². The third-order valence-corrected chi connectivity index (χ3v) is 5.38. The normalized spacial score (nSPS) is 19.3. The number of esters is 1. The minimum Gasteiger partial charge on any atom is -0.455 e. The Labute approximate surface area is 150 Å². The number of likely N-dealkylation sites (tertiary alicyclic amines) is 1. The van der Waals surface area contributed by atoms with Crippen LogP contribution in [-0.4, -0.2) is 56.6 Å². The molecule has 1 aromatic rings. The van der Waals surface area contributed by atoms with Crippen LogP contribution >= 0.6 is 0 Å². The van der Waals surface area contributed by atoms with Gasteiger partial charge >= 0.3 is 5.97 Å². The number of ether oxygens (including phenoxy) is 1. The number of amides is 2. The van der Waals surface area contributed by atoms with Crippen molar-refractivity contribution in [1.82, 2.24) is 9.62 Å². The van der Waals surface area contributed by atoms with Gasteiger partial charge in [0.25, 0.3) is 15.9 Å². The van der Waals surface area contributed by atoms with Crippen molar-refractivity contribution < 1.29 is 27.5 Å². The lowest BCUT2D eigenvalue weighted by Crippen LogP contribution is -2.35. The molecule has 9 nitrogen and oxygen atoms in total. The second kappa shape index (κ2) is 7.24. The van der Waals surface area contributed by atoms with E-state index in [0.29, 0.717) is 24.9 Å². The molecule has 3 rings (SSSR count). The van der Waals surface area contributed by atoms with Crippen molar-refractivity contribution in [2.24, 2.45) is 4.99 Å². The lowest BCUT2D eigenvalue weighted by Gasteiger charge is -2.13. The molecular formula is C16H17N3O6S. The standard InChI is InChI=1S/C16H17N3O6S/c20-13-6-3-9-19(13)14(21)10-25-15(22)7-8-17-16-11-4-1-2-5-12(11)26(23,24)18-16/h1-2,4-5H,3,6-10H2,(H,17,18). The van der Waals surface area contributed by atoms with Gasteiger partial charge in [0, 0.05) is 18.5 Å². The number of fused-ring (bicyclic) bond motifs is 1. The van der Waals surface area contributed by atoms with E-state index in [1.54, 1.807) is 18.2 Å². The SMILES string of the molecule is O=C(CCN=C1NS(=O)(=O)c2ccccc21)OCC(=O)N1CCCC1=O. The molecule has 1 fully saturated rings. The number of carbonyl (C=O) groups is 3. The fourth-order valence-corrected chi connectivity index (χ4v) is 3.97. The molecule has 1 saturated heterocycles. The summed E-state index contributed by atoms with van der Waals surface area (Å²) in [4.78, 5) is 40.2. The van der Waals surface area contributed by atoms with Crippen LogP contribution in [0.1, 0.15) is 24.8 Å². The third-order valence-electron chi connectivity index (χ3n) is 3.98. The first kappa shape index (κ1) is 18.1. The number of imide groups is 1. The fraction of sp³-hybridized carbons (Fsp3) is 0.375. The van der Waals surface area contributed by atoms with E-state index in [-0.39, 0.29) is 29.6 Å². The van der Waals surface area contributed by atoms with Gasteiger partial charge in [-0.3, -0.25) is 29.0 Å². The summed E-state index contributed by atoms with van der Waals surface area (Å²) in [5.74, 6) is -1.27. The number of nitrogens with zero attached hydrogens (tertiary/aromatic N) is 2. The topological polar surface area (TPSA) is 122 Å². The number of rotatable bonds is 5. The van der Waals surface area contributed by atoms with Crippen molar-refractivity contribution >= 4 is 33.6 Å². The first-order valence-corrected chi connectivity index (χ1v) is 9.52. The second-order valence-electron chi connectivity index (χ2n) is 5.79. The molecule has 0 spiro atoms. The number of carbonyl (C=O) groups excluding carboxylic acids is 3. The highest BCUT2D eigenvalue weighted by molar-refractivity contribution is 7.90. The highest BCUT2D eigenvalue weighted by atomic mass is 32.2. The van der Waals surface area contributed by atoms with E-state index in [4.69, 9.17) is 4.74 Å². The van der Waals surface area contributed by atoms with Crippen LogP contribution in [-0.2, 0) is 29.1 Å². The monoisotopic (exact) mass is 379 g/mol. The summed E-state index contributed by atoms with van der Waals surface area (Å²) in [5.41, 5.74) is 0.448. The molecule has 2 heterocycles. The molecule has 0 radical (unpaired) electrons. The number of sulfonamides is 1. The van der Waals surface area contributed by atoms with Gasteiger partial charge in [-0.15, -0.1) is 0 Å². The molecule has 26 heavy (non-hydrogen) atoms. The Morgan fingerprint density at radius 1 is 1.27 bits per heavy atom. The Kier molecular flexibility index (Phi) is 5.03. The van der Waals surface area contributed by atoms with Crippen molar-refractivity contribution in [2.45, 2.75) is 24.2 Å². The third kappa shape index (κ3) is 3.74. The summed E-state index contributed by atoms with van der Waals surface area (Å²) >= 11 is 0. The molecule has 0 atom stereocenters. The van der Waals surface area contributed by atoms with Gasteiger partial charge in [0.15, 0.2) is 6.61 Å². The first-order valence-electron chi connectivity index (χ1n) is 8.04. The van der Waals surface area contributed by atoms with Crippen LogP contribution in [0.15, 0.2) is 34.2 Å². The lowest BCUT2D eigenvalue weighted by atomic mass is 10.2. The number of nitrogens with one attached hydrogen (secondary N) is 1. The van der Waals surface area contributed by atoms with E-state index in [1.165, 1.54) is 6.07 Å². The summed E-state index contributed by atoms with van der Waals surface area (Å²) < 4.78 is 31.1. The Morgan fingerprint density at radius 3 is 2.77 bits per heavy atom. The minimum atomic E-state index is -3.62. The number of hydrogen-bond donors (Lipinski definition) is 1. The molecule has 10 heteroatoms. The van der Waals surface area contributed by atoms with Crippen molar-refractivity contribution in [3.8, 4) is 0 Å². The summed E-state index contributed by atoms with van der Waals surface area (Å²) in [6.07, 6.45) is 0.830. The number of hydrogen-bond acceptors (Lipinski definition) is 7. The van der Waals surface area contributed by atoms with Gasteiger partial charge in [-0.05, 0) is 18.6 Å². The molecule has 0 bridgehead atoms. The Morgan fingerprint density at radius 2 is 2.04 bits per heavy atom. The molecule has 138 valence electrons. The molecule has 0 aromatic heterocycles. The van der Waals surface area contributed by atoms with Crippen LogP contribution in [0.3, 0.4) is 0 Å². The molecule has 1 aromatic carbocycles. The van der Waals surface area contributed by atoms with E-state index in [1.807, 2.05) is 0 Å². The lowest BCUT2D eigenvalue weighted by molar-refractivity contribution is -0.154. The Hall–Kier alpha value is -2.75. The van der Waals surface area contributed by atoms with E-state index in [9.17, 15) is 22.8 Å². The largest absolute Gasteiger partial charge is 0.455 e. The second-order valence-corrected chi connectivity index (χ2v) is 7.44. The zero-order valence-electron chi connectivity index (χ0n) is 13.8. The molecule has 0 aliphatic carbocycles. The Balaban J connectivity index is 1.51. The summed E-state index contributed by atoms with van der Waals surface area (Å²) in [6, 6.07) is 6.40. The molecule has 2 amide bonds. The predicted molar refractivity (Wildman–Crippen MR) is 89.7 cm³/mol. The molecule has 0 unspecified atom stereocenters. The molecule has 2 aliphatic rings. The zero-order chi connectivity index (χ0) is 18.7. The summed E-state index contributed by atoms with van der Waals surface area (Å²) in [6.45, 7) is -0.138. The Bertz CT molecular complexity index is 893. The van der Waals surface area contributed by atoms with E-state index >= 15 is 0 Å². The van der Waals surface area contributed by atoms with Gasteiger partial charge in [0.1, 0.15) is 5.84 Å². The maximum Gasteiger partial charge on any atom is 0.308 e. The van der Waals surface area contributed by atoms with Gasteiger partial charge in [-0.2, -0.15) is 0 Å². The molecule has 2 aliphatic heterocycles. The van der Waals surface area contributed by atoms with Crippen LogP contribution < -0.4 is 4.72 Å². The maximum absolute atomic E-state index is 11.9. The van der Waals surface area contributed by atoms with E-state index < -0.39 is 28.5 Å². The van der Waals surface area contributed by atoms with Crippen molar-refractivity contribution in [3.05, 3.63) is 29.8 Å². The molecular weight excluding hydrogens is 362 g/mol. The van der Waals surface area contributed by atoms with Crippen LogP contribution in [0.5, 0.6) is 0 Å². The van der Waals surface area contributed by atoms with Crippen molar-refractivity contribution in [2.75, 3.05) is 19.7 Å². The maximum atomic E-state index is 11.9. The zero-order valence-corrected chi connectivity index (χ0v) is 14.6. The fourth-order valence-electron chi connectivity index (χ4n) is 2.71. The van der Waals surface area contributed by atoms with Gasteiger partial charge in [0.2, 0.25) is 5.91 Å². The summed E-state index contributed by atoms with van der Waals surface area (Å²) in [7, 11) is -3.62. The van der Waals surface area contributed by atoms with E-state index in [0.717, 1.165) is 4.90 Å². The molecule has 1 N–H and O–H groups in total. The van der Waals surface area contributed by atoms with Crippen LogP contribution in [0, 0.1) is 0 Å². The number of amidine groups is 1. The highest BCUT2D eigenvalue weighted by Gasteiger charge is 2.30. The highest BCUT2D eigenvalue weighted by Crippen LogP contribution is 2.22. The smallest absolute Gasteiger partial charge is 0.308 e. The molecule has 0 saturated carbocycles. The van der Waals surface area contributed by atoms with Crippen molar-refractivity contribution in [1.29, 1.82) is 0 Å². The van der Waals surface area contributed by atoms with Gasteiger partial charge < -0.3 is 4.74 Å². The van der Waals surface area contributed by atoms with Gasteiger partial charge in [0.05, 0.1) is 17.9 Å². The van der Waals surface area contributed by atoms with Gasteiger partial charge in [-0.1, -0.05) is 12.1 Å². The first-order chi connectivity index (χ1) is 12.4. The quantitative estimate of drug-likeness (QED) is 0.708. The van der Waals surface area contributed by atoms with Crippen LogP contribution in [0.4, 0.5) is 0 Å². The predicted octanol–water partition coefficient (Wildman–Crippen LogP) is -0.193. The van der Waals surface area contributed by atoms with Gasteiger partial charge in [-0.25, -0.2) is 8.42 Å². The average Bonchev–Trinajstić information content (AvgIpc) is 3.14.